The van der Waals surface area contributed by atoms with E-state index in [1.807, 2.05) is 18.2 Å². The fourth-order valence-electron chi connectivity index (χ4n) is 3.24. The van der Waals surface area contributed by atoms with Crippen molar-refractivity contribution in [1.29, 1.82) is 0 Å². The highest BCUT2D eigenvalue weighted by Gasteiger charge is 2.29. The van der Waals surface area contributed by atoms with E-state index in [9.17, 15) is 9.59 Å². The number of benzene rings is 2. The second-order valence-electron chi connectivity index (χ2n) is 6.54. The maximum Gasteiger partial charge on any atom is 0.310 e. The van der Waals surface area contributed by atoms with Crippen molar-refractivity contribution in [3.05, 3.63) is 77.9 Å². The van der Waals surface area contributed by atoms with Crippen molar-refractivity contribution in [2.75, 3.05) is 4.90 Å². The molecule has 0 saturated heterocycles. The minimum absolute atomic E-state index is 0.0557. The van der Waals surface area contributed by atoms with Gasteiger partial charge in [-0.15, -0.1) is 0 Å². The van der Waals surface area contributed by atoms with Crippen molar-refractivity contribution in [2.24, 2.45) is 0 Å². The first-order valence-corrected chi connectivity index (χ1v) is 8.57. The summed E-state index contributed by atoms with van der Waals surface area (Å²) in [5.41, 5.74) is 4.96. The molecule has 2 aromatic carbocycles. The standard InChI is InChI=1S/C21H17N3O3/c1-13(21(26)27)14-2-5-18(6-3-14)24-11-16-8-15(4-7-19(16)20(24)25)17-9-22-12-23-10-17/h2-10,12-13H,11H2,1H3,(H,26,27). The number of carboxylic acid groups (broad SMARTS) is 1. The Balaban J connectivity index is 1.61. The SMILES string of the molecule is CC(C(=O)O)c1ccc(N2Cc3cc(-c4cncnc4)ccc3C2=O)cc1. The summed E-state index contributed by atoms with van der Waals surface area (Å²) in [4.78, 5) is 33.7. The van der Waals surface area contributed by atoms with E-state index in [4.69, 9.17) is 5.11 Å². The molecule has 6 nitrogen and oxygen atoms in total. The monoisotopic (exact) mass is 359 g/mol. The zero-order valence-corrected chi connectivity index (χ0v) is 14.7. The number of aliphatic carboxylic acids is 1. The average molecular weight is 359 g/mol. The number of carboxylic acids is 1. The number of hydrogen-bond donors (Lipinski definition) is 1. The highest BCUT2D eigenvalue weighted by molar-refractivity contribution is 6.10. The predicted molar refractivity (Wildman–Crippen MR) is 100 cm³/mol. The van der Waals surface area contributed by atoms with Gasteiger partial charge >= 0.3 is 5.97 Å². The molecule has 2 heterocycles. The van der Waals surface area contributed by atoms with Gasteiger partial charge in [-0.2, -0.15) is 0 Å². The Morgan fingerprint density at radius 3 is 2.44 bits per heavy atom. The van der Waals surface area contributed by atoms with Crippen molar-refractivity contribution in [3.63, 3.8) is 0 Å². The molecular formula is C21H17N3O3. The smallest absolute Gasteiger partial charge is 0.310 e. The summed E-state index contributed by atoms with van der Waals surface area (Å²) in [5, 5.41) is 9.12. The van der Waals surface area contributed by atoms with E-state index in [1.165, 1.54) is 6.33 Å². The number of rotatable bonds is 4. The zero-order valence-electron chi connectivity index (χ0n) is 14.7. The van der Waals surface area contributed by atoms with E-state index in [0.29, 0.717) is 17.7 Å². The van der Waals surface area contributed by atoms with Gasteiger partial charge in [0.05, 0.1) is 12.5 Å². The van der Waals surface area contributed by atoms with Crippen molar-refractivity contribution in [1.82, 2.24) is 9.97 Å². The molecule has 6 heteroatoms. The lowest BCUT2D eigenvalue weighted by Crippen LogP contribution is -2.23. The molecule has 1 unspecified atom stereocenters. The molecule has 1 N–H and O–H groups in total. The molecule has 4 rings (SSSR count). The van der Waals surface area contributed by atoms with Crippen LogP contribution in [0.2, 0.25) is 0 Å². The molecule has 0 fully saturated rings. The lowest BCUT2D eigenvalue weighted by atomic mass is 10.0. The molecule has 0 radical (unpaired) electrons. The third-order valence-corrected chi connectivity index (χ3v) is 4.88. The number of hydrogen-bond acceptors (Lipinski definition) is 4. The van der Waals surface area contributed by atoms with Crippen LogP contribution in [-0.4, -0.2) is 27.0 Å². The van der Waals surface area contributed by atoms with Gasteiger partial charge in [-0.05, 0) is 47.9 Å². The van der Waals surface area contributed by atoms with Crippen LogP contribution < -0.4 is 4.90 Å². The van der Waals surface area contributed by atoms with Gasteiger partial charge in [-0.25, -0.2) is 9.97 Å². The van der Waals surface area contributed by atoms with E-state index in [0.717, 1.165) is 22.4 Å². The largest absolute Gasteiger partial charge is 0.481 e. The Hall–Kier alpha value is -3.54. The number of amides is 1. The summed E-state index contributed by atoms with van der Waals surface area (Å²) in [5.74, 6) is -1.51. The Morgan fingerprint density at radius 2 is 1.78 bits per heavy atom. The molecule has 1 aliphatic rings. The maximum atomic E-state index is 12.8. The normalized spacial score (nSPS) is 14.1. The van der Waals surface area contributed by atoms with Gasteiger partial charge in [0.25, 0.3) is 5.91 Å². The molecule has 0 spiro atoms. The van der Waals surface area contributed by atoms with Crippen LogP contribution in [0.15, 0.2) is 61.2 Å². The third-order valence-electron chi connectivity index (χ3n) is 4.88. The van der Waals surface area contributed by atoms with Gasteiger partial charge < -0.3 is 10.0 Å². The Morgan fingerprint density at radius 1 is 1.07 bits per heavy atom. The van der Waals surface area contributed by atoms with Crippen LogP contribution in [0.25, 0.3) is 11.1 Å². The summed E-state index contributed by atoms with van der Waals surface area (Å²) in [6.45, 7) is 2.12. The summed E-state index contributed by atoms with van der Waals surface area (Å²) in [6, 6.07) is 12.8. The fraction of sp³-hybridized carbons (Fsp3) is 0.143. The second-order valence-corrected chi connectivity index (χ2v) is 6.54. The van der Waals surface area contributed by atoms with E-state index < -0.39 is 11.9 Å². The van der Waals surface area contributed by atoms with Crippen molar-refractivity contribution < 1.29 is 14.7 Å². The molecule has 27 heavy (non-hydrogen) atoms. The molecule has 1 aromatic heterocycles. The van der Waals surface area contributed by atoms with E-state index in [2.05, 4.69) is 9.97 Å². The van der Waals surface area contributed by atoms with E-state index in [1.54, 1.807) is 48.5 Å². The van der Waals surface area contributed by atoms with Gasteiger partial charge in [0.15, 0.2) is 0 Å². The quantitative estimate of drug-likeness (QED) is 0.771. The van der Waals surface area contributed by atoms with Crippen LogP contribution in [0, 0.1) is 0 Å². The number of carbonyl (C=O) groups excluding carboxylic acids is 1. The van der Waals surface area contributed by atoms with Crippen molar-refractivity contribution >= 4 is 17.6 Å². The number of fused-ring (bicyclic) bond motifs is 1. The van der Waals surface area contributed by atoms with Crippen molar-refractivity contribution in [2.45, 2.75) is 19.4 Å². The second kappa shape index (κ2) is 6.64. The van der Waals surface area contributed by atoms with Gasteiger partial charge in [0.1, 0.15) is 6.33 Å². The van der Waals surface area contributed by atoms with Crippen LogP contribution >= 0.6 is 0 Å². The summed E-state index contributed by atoms with van der Waals surface area (Å²) >= 11 is 0. The minimum atomic E-state index is -0.871. The van der Waals surface area contributed by atoms with Crippen LogP contribution in [0.4, 0.5) is 5.69 Å². The molecular weight excluding hydrogens is 342 g/mol. The highest BCUT2D eigenvalue weighted by Crippen LogP contribution is 2.32. The summed E-state index contributed by atoms with van der Waals surface area (Å²) in [7, 11) is 0. The van der Waals surface area contributed by atoms with E-state index in [-0.39, 0.29) is 5.91 Å². The number of nitrogens with zero attached hydrogens (tertiary/aromatic N) is 3. The van der Waals surface area contributed by atoms with Crippen LogP contribution in [-0.2, 0) is 11.3 Å². The molecule has 1 aliphatic heterocycles. The topological polar surface area (TPSA) is 83.4 Å². The molecule has 3 aromatic rings. The lowest BCUT2D eigenvalue weighted by Gasteiger charge is -2.16. The van der Waals surface area contributed by atoms with E-state index >= 15 is 0 Å². The first-order valence-electron chi connectivity index (χ1n) is 8.57. The van der Waals surface area contributed by atoms with Gasteiger partial charge in [0.2, 0.25) is 0 Å². The fourth-order valence-corrected chi connectivity index (χ4v) is 3.24. The summed E-state index contributed by atoms with van der Waals surface area (Å²) < 4.78 is 0. The maximum absolute atomic E-state index is 12.8. The highest BCUT2D eigenvalue weighted by atomic mass is 16.4. The van der Waals surface area contributed by atoms with Crippen LogP contribution in [0.5, 0.6) is 0 Å². The molecule has 0 aliphatic carbocycles. The number of anilines is 1. The molecule has 0 bridgehead atoms. The molecule has 1 atom stereocenters. The average Bonchev–Trinajstić information content (AvgIpc) is 3.04. The molecule has 1 amide bonds. The van der Waals surface area contributed by atoms with Crippen LogP contribution in [0.3, 0.4) is 0 Å². The lowest BCUT2D eigenvalue weighted by molar-refractivity contribution is -0.138. The van der Waals surface area contributed by atoms with Crippen LogP contribution in [0.1, 0.15) is 34.3 Å². The van der Waals surface area contributed by atoms with Crippen molar-refractivity contribution in [3.8, 4) is 11.1 Å². The Labute approximate surface area is 156 Å². The first kappa shape index (κ1) is 16.9. The number of carbonyl (C=O) groups is 2. The van der Waals surface area contributed by atoms with Gasteiger partial charge in [-0.3, -0.25) is 9.59 Å². The van der Waals surface area contributed by atoms with Gasteiger partial charge in [-0.1, -0.05) is 18.2 Å². The molecule has 0 saturated carbocycles. The minimum Gasteiger partial charge on any atom is -0.481 e. The van der Waals surface area contributed by atoms with Gasteiger partial charge in [0, 0.05) is 29.2 Å². The Bertz CT molecular complexity index is 1020. The third kappa shape index (κ3) is 3.06. The predicted octanol–water partition coefficient (Wildman–Crippen LogP) is 3.49. The summed E-state index contributed by atoms with van der Waals surface area (Å²) in [6.07, 6.45) is 4.97. The number of aromatic nitrogens is 2. The Kier molecular flexibility index (Phi) is 4.16. The zero-order chi connectivity index (χ0) is 19.0. The molecule has 134 valence electrons. The first-order chi connectivity index (χ1) is 13.0.